The second kappa shape index (κ2) is 11.1. The number of nitrogens with one attached hydrogen (secondary N) is 1. The summed E-state index contributed by atoms with van der Waals surface area (Å²) < 4.78 is 5.59. The summed E-state index contributed by atoms with van der Waals surface area (Å²) in [6, 6.07) is 13.4. The molecule has 0 bridgehead atoms. The fourth-order valence-electron chi connectivity index (χ4n) is 2.61. The first kappa shape index (κ1) is 23.0. The Labute approximate surface area is 181 Å². The minimum atomic E-state index is -0.660. The van der Waals surface area contributed by atoms with Gasteiger partial charge in [0, 0.05) is 18.1 Å². The van der Waals surface area contributed by atoms with Crippen molar-refractivity contribution >= 4 is 35.0 Å². The number of hydrogen-bond donors (Lipinski definition) is 1. The van der Waals surface area contributed by atoms with Crippen LogP contribution in [0.25, 0.3) is 0 Å². The summed E-state index contributed by atoms with van der Waals surface area (Å²) in [5.41, 5.74) is 0.865. The molecule has 2 amide bonds. The van der Waals surface area contributed by atoms with Gasteiger partial charge in [0.05, 0.1) is 5.02 Å². The molecule has 0 heterocycles. The zero-order valence-electron chi connectivity index (χ0n) is 16.8. The second-order valence-corrected chi connectivity index (χ2v) is 8.03. The van der Waals surface area contributed by atoms with E-state index in [1.54, 1.807) is 43.3 Å². The molecule has 2 aromatic rings. The van der Waals surface area contributed by atoms with Crippen molar-refractivity contribution in [3.63, 3.8) is 0 Å². The second-order valence-electron chi connectivity index (χ2n) is 7.18. The van der Waals surface area contributed by atoms with E-state index in [0.717, 1.165) is 5.56 Å². The zero-order valence-corrected chi connectivity index (χ0v) is 18.3. The maximum atomic E-state index is 12.9. The average molecular weight is 437 g/mol. The summed E-state index contributed by atoms with van der Waals surface area (Å²) in [5.74, 6) is 0.215. The van der Waals surface area contributed by atoms with Crippen molar-refractivity contribution in [3.05, 3.63) is 64.1 Å². The Balaban J connectivity index is 2.13. The van der Waals surface area contributed by atoms with Crippen molar-refractivity contribution in [2.24, 2.45) is 5.92 Å². The van der Waals surface area contributed by atoms with Gasteiger partial charge in [0.15, 0.2) is 6.61 Å². The van der Waals surface area contributed by atoms with Gasteiger partial charge < -0.3 is 15.0 Å². The number of para-hydroxylation sites is 1. The number of ether oxygens (including phenoxy) is 1. The Morgan fingerprint density at radius 2 is 1.69 bits per heavy atom. The highest BCUT2D eigenvalue weighted by atomic mass is 35.5. The monoisotopic (exact) mass is 436 g/mol. The molecule has 0 saturated heterocycles. The normalized spacial score (nSPS) is 11.8. The van der Waals surface area contributed by atoms with E-state index in [0.29, 0.717) is 28.3 Å². The number of carbonyl (C=O) groups is 2. The number of carbonyl (C=O) groups excluding carboxylic acids is 2. The zero-order chi connectivity index (χ0) is 21.4. The molecule has 0 aromatic heterocycles. The van der Waals surface area contributed by atoms with E-state index in [1.807, 2.05) is 26.0 Å². The largest absolute Gasteiger partial charge is 0.482 e. The third-order valence-electron chi connectivity index (χ3n) is 4.31. The Morgan fingerprint density at radius 1 is 1.03 bits per heavy atom. The molecule has 1 atom stereocenters. The molecule has 0 aliphatic rings. The molecule has 29 heavy (non-hydrogen) atoms. The fourth-order valence-corrected chi connectivity index (χ4v) is 2.92. The van der Waals surface area contributed by atoms with Crippen molar-refractivity contribution in [1.29, 1.82) is 0 Å². The molecule has 0 unspecified atom stereocenters. The lowest BCUT2D eigenvalue weighted by Crippen LogP contribution is -2.49. The highest BCUT2D eigenvalue weighted by Gasteiger charge is 2.26. The third kappa shape index (κ3) is 7.26. The quantitative estimate of drug-likeness (QED) is 0.626. The highest BCUT2D eigenvalue weighted by molar-refractivity contribution is 6.32. The summed E-state index contributed by atoms with van der Waals surface area (Å²) in [6.07, 6.45) is 0. The van der Waals surface area contributed by atoms with Crippen molar-refractivity contribution in [3.8, 4) is 5.75 Å². The number of amides is 2. The Hall–Kier alpha value is -2.24. The van der Waals surface area contributed by atoms with Crippen molar-refractivity contribution in [1.82, 2.24) is 10.2 Å². The lowest BCUT2D eigenvalue weighted by molar-refractivity contribution is -0.142. The van der Waals surface area contributed by atoms with E-state index in [4.69, 9.17) is 27.9 Å². The van der Waals surface area contributed by atoms with Crippen LogP contribution in [0.2, 0.25) is 10.0 Å². The van der Waals surface area contributed by atoms with Gasteiger partial charge in [-0.05, 0) is 42.7 Å². The van der Waals surface area contributed by atoms with Crippen LogP contribution in [0.3, 0.4) is 0 Å². The molecule has 0 aliphatic heterocycles. The Kier molecular flexibility index (Phi) is 8.80. The molecule has 2 rings (SSSR count). The minimum absolute atomic E-state index is 0.209. The van der Waals surface area contributed by atoms with Gasteiger partial charge >= 0.3 is 0 Å². The van der Waals surface area contributed by atoms with E-state index in [9.17, 15) is 9.59 Å². The van der Waals surface area contributed by atoms with Crippen molar-refractivity contribution < 1.29 is 14.3 Å². The third-order valence-corrected chi connectivity index (χ3v) is 4.87. The van der Waals surface area contributed by atoms with Gasteiger partial charge in [-0.3, -0.25) is 9.59 Å². The first-order valence-corrected chi connectivity index (χ1v) is 10.2. The number of benzene rings is 2. The van der Waals surface area contributed by atoms with Gasteiger partial charge in [-0.15, -0.1) is 0 Å². The summed E-state index contributed by atoms with van der Waals surface area (Å²) in [7, 11) is 0. The molecule has 0 saturated carbocycles. The van der Waals surface area contributed by atoms with Gasteiger partial charge in [0.25, 0.3) is 5.91 Å². The van der Waals surface area contributed by atoms with Crippen LogP contribution in [0, 0.1) is 5.92 Å². The van der Waals surface area contributed by atoms with Gasteiger partial charge in [0.1, 0.15) is 11.8 Å². The summed E-state index contributed by atoms with van der Waals surface area (Å²) in [5, 5.41) is 3.91. The standard InChI is InChI=1S/C22H26Cl2N2O3/c1-15(2)12-25-22(28)16(3)26(13-17-8-10-18(23)11-9-17)21(27)14-29-20-7-5-4-6-19(20)24/h4-11,15-16H,12-14H2,1-3H3,(H,25,28)/t16-/m0/s1. The van der Waals surface area contributed by atoms with Crippen LogP contribution in [0.1, 0.15) is 26.3 Å². The molecule has 5 nitrogen and oxygen atoms in total. The van der Waals surface area contributed by atoms with Gasteiger partial charge in [-0.25, -0.2) is 0 Å². The smallest absolute Gasteiger partial charge is 0.261 e. The fraction of sp³-hybridized carbons (Fsp3) is 0.364. The molecule has 156 valence electrons. The molecule has 7 heteroatoms. The van der Waals surface area contributed by atoms with Crippen LogP contribution in [0.4, 0.5) is 0 Å². The van der Waals surface area contributed by atoms with Gasteiger partial charge in [-0.2, -0.15) is 0 Å². The summed E-state index contributed by atoms with van der Waals surface area (Å²) in [6.45, 7) is 6.32. The molecule has 0 fully saturated rings. The first-order chi connectivity index (χ1) is 13.8. The maximum absolute atomic E-state index is 12.9. The van der Waals surface area contributed by atoms with Crippen LogP contribution >= 0.6 is 23.2 Å². The SMILES string of the molecule is CC(C)CNC(=O)[C@H](C)N(Cc1ccc(Cl)cc1)C(=O)COc1ccccc1Cl. The number of rotatable bonds is 9. The Morgan fingerprint density at radius 3 is 2.31 bits per heavy atom. The number of hydrogen-bond acceptors (Lipinski definition) is 3. The number of halogens is 2. The molecule has 0 spiro atoms. The summed E-state index contributed by atoms with van der Waals surface area (Å²) in [4.78, 5) is 27.0. The lowest BCUT2D eigenvalue weighted by Gasteiger charge is -2.29. The topological polar surface area (TPSA) is 58.6 Å². The van der Waals surface area contributed by atoms with E-state index < -0.39 is 6.04 Å². The van der Waals surface area contributed by atoms with Crippen molar-refractivity contribution in [2.75, 3.05) is 13.2 Å². The first-order valence-electron chi connectivity index (χ1n) is 9.47. The van der Waals surface area contributed by atoms with E-state index in [1.165, 1.54) is 4.90 Å². The van der Waals surface area contributed by atoms with Crippen LogP contribution in [-0.2, 0) is 16.1 Å². The van der Waals surface area contributed by atoms with Gasteiger partial charge in [0.2, 0.25) is 5.91 Å². The van der Waals surface area contributed by atoms with E-state index in [2.05, 4.69) is 5.32 Å². The molecular weight excluding hydrogens is 411 g/mol. The molecule has 0 radical (unpaired) electrons. The number of nitrogens with zero attached hydrogens (tertiary/aromatic N) is 1. The van der Waals surface area contributed by atoms with Gasteiger partial charge in [-0.1, -0.05) is 61.3 Å². The Bertz CT molecular complexity index is 825. The van der Waals surface area contributed by atoms with E-state index >= 15 is 0 Å². The highest BCUT2D eigenvalue weighted by Crippen LogP contribution is 2.23. The van der Waals surface area contributed by atoms with Crippen LogP contribution in [-0.4, -0.2) is 35.9 Å². The minimum Gasteiger partial charge on any atom is -0.482 e. The van der Waals surface area contributed by atoms with Crippen LogP contribution in [0.5, 0.6) is 5.75 Å². The average Bonchev–Trinajstić information content (AvgIpc) is 2.70. The van der Waals surface area contributed by atoms with Crippen LogP contribution < -0.4 is 10.1 Å². The predicted octanol–water partition coefficient (Wildman–Crippen LogP) is 4.56. The predicted molar refractivity (Wildman–Crippen MR) is 116 cm³/mol. The maximum Gasteiger partial charge on any atom is 0.261 e. The molecule has 2 aromatic carbocycles. The lowest BCUT2D eigenvalue weighted by atomic mass is 10.1. The molecular formula is C22H26Cl2N2O3. The van der Waals surface area contributed by atoms with Crippen molar-refractivity contribution in [2.45, 2.75) is 33.4 Å². The van der Waals surface area contributed by atoms with E-state index in [-0.39, 0.29) is 25.0 Å². The molecule has 1 N–H and O–H groups in total. The van der Waals surface area contributed by atoms with Crippen LogP contribution in [0.15, 0.2) is 48.5 Å². The molecule has 0 aliphatic carbocycles. The summed E-state index contributed by atoms with van der Waals surface area (Å²) >= 11 is 12.0.